The van der Waals surface area contributed by atoms with Crippen molar-refractivity contribution in [2.75, 3.05) is 45.8 Å². The van der Waals surface area contributed by atoms with Gasteiger partial charge in [-0.15, -0.1) is 0 Å². The number of amides is 7. The number of Topliss-reactive ketones (excluding diaryl/α,β-unsaturated/α-hetero) is 3. The molecule has 1 saturated heterocycles. The Labute approximate surface area is 499 Å². The minimum Gasteiger partial charge on any atom is -0.462 e. The maximum absolute atomic E-state index is 14.5. The van der Waals surface area contributed by atoms with Gasteiger partial charge in [-0.1, -0.05) is 51.1 Å². The minimum absolute atomic E-state index is 0.00829. The molecule has 20 N–H and O–H groups in total. The Morgan fingerprint density at radius 1 is 0.671 bits per heavy atom. The van der Waals surface area contributed by atoms with Gasteiger partial charge in [0.2, 0.25) is 41.4 Å². The van der Waals surface area contributed by atoms with Crippen LogP contribution >= 0.6 is 0 Å². The number of benzene rings is 1. The number of hydrogen-bond donors (Lipinski definition) is 15. The first-order valence-electron chi connectivity index (χ1n) is 29.8. The molecule has 7 amide bonds. The third-order valence-corrected chi connectivity index (χ3v) is 14.5. The molecule has 1 aliphatic rings. The Balaban J connectivity index is 2.63. The van der Waals surface area contributed by atoms with Gasteiger partial charge >= 0.3 is 5.97 Å². The van der Waals surface area contributed by atoms with Crippen molar-refractivity contribution in [3.8, 4) is 0 Å². The fraction of sp³-hybridized carbons (Fsp3) is 0.707. The summed E-state index contributed by atoms with van der Waals surface area (Å²) in [6.07, 6.45) is -4.66. The third-order valence-electron chi connectivity index (χ3n) is 14.5. The molecule has 1 fully saturated rings. The number of carbonyl (C=O) groups excluding carboxylic acids is 11. The summed E-state index contributed by atoms with van der Waals surface area (Å²) in [6.45, 7) is 9.00. The van der Waals surface area contributed by atoms with E-state index in [1.807, 2.05) is 13.8 Å². The zero-order valence-electron chi connectivity index (χ0n) is 50.5. The summed E-state index contributed by atoms with van der Waals surface area (Å²) in [5.74, 6) is -10.9. The summed E-state index contributed by atoms with van der Waals surface area (Å²) in [5, 5.41) is 43.7. The molecule has 27 nitrogen and oxygen atoms in total. The van der Waals surface area contributed by atoms with Crippen LogP contribution in [0.1, 0.15) is 131 Å². The van der Waals surface area contributed by atoms with Gasteiger partial charge in [-0.3, -0.25) is 52.7 Å². The Morgan fingerprint density at radius 3 is 1.82 bits per heavy atom. The number of nitrogens with one attached hydrogen (secondary N) is 8. The van der Waals surface area contributed by atoms with Gasteiger partial charge in [-0.05, 0) is 129 Å². The number of rotatable bonds is 30. The number of hydrogen-bond acceptors (Lipinski definition) is 20. The predicted octanol–water partition coefficient (Wildman–Crippen LogP) is -2.98. The normalized spacial score (nSPS) is 23.1. The summed E-state index contributed by atoms with van der Waals surface area (Å²) in [7, 11) is 0. The maximum atomic E-state index is 14.5. The Bertz CT molecular complexity index is 2310. The Hall–Kier alpha value is -6.33. The first kappa shape index (κ1) is 74.8. The second kappa shape index (κ2) is 40.1. The molecule has 1 aromatic carbocycles. The quantitative estimate of drug-likeness (QED) is 0.0342. The van der Waals surface area contributed by atoms with E-state index in [1.54, 1.807) is 37.3 Å². The topological polar surface area (TPSA) is 464 Å². The van der Waals surface area contributed by atoms with Crippen molar-refractivity contribution in [3.63, 3.8) is 0 Å². The molecule has 480 valence electrons. The molecule has 85 heavy (non-hydrogen) atoms. The Kier molecular flexibility index (Phi) is 35.3. The van der Waals surface area contributed by atoms with E-state index in [0.717, 1.165) is 0 Å². The van der Waals surface area contributed by atoms with Crippen LogP contribution in [0.2, 0.25) is 0 Å². The highest BCUT2D eigenvalue weighted by Crippen LogP contribution is 2.19. The fourth-order valence-corrected chi connectivity index (χ4v) is 9.79. The highest BCUT2D eigenvalue weighted by molar-refractivity contribution is 5.98. The smallest absolute Gasteiger partial charge is 0.306 e. The fourth-order valence-electron chi connectivity index (χ4n) is 9.79. The Morgan fingerprint density at radius 2 is 1.25 bits per heavy atom. The number of esters is 1. The second-order valence-corrected chi connectivity index (χ2v) is 22.5. The third kappa shape index (κ3) is 27.7. The number of ketones is 3. The van der Waals surface area contributed by atoms with Crippen molar-refractivity contribution >= 4 is 64.7 Å². The number of aliphatic hydroxyl groups is 2. The second-order valence-electron chi connectivity index (χ2n) is 22.5. The van der Waals surface area contributed by atoms with Crippen molar-refractivity contribution in [1.82, 2.24) is 42.5 Å². The molecule has 13 atom stereocenters. The largest absolute Gasteiger partial charge is 0.462 e. The van der Waals surface area contributed by atoms with Crippen molar-refractivity contribution in [3.05, 3.63) is 35.9 Å². The monoisotopic (exact) mass is 1200 g/mol. The van der Waals surface area contributed by atoms with E-state index < -0.39 is 156 Å². The molecule has 0 bridgehead atoms. The molecule has 27 heteroatoms. The molecule has 1 aliphatic heterocycles. The van der Waals surface area contributed by atoms with Crippen LogP contribution in [0.5, 0.6) is 0 Å². The molecule has 0 radical (unpaired) electrons. The standard InChI is InChI=1S/C58H99N13O14/c1-7-11-51(78)85-34(4)27-50(77)66-41(15-21-60)49(76)31-40(35(5)72)54(80)67-42(16-22-61)47(74)29-38-19-25-64-58(84)52(36(6)73)71-53(79)39(14-20-59)30-48(75)43(17-23-62)68-56(82)45(26-33(2)3)69-57(83)46(28-37-12-9-8-10-13-37)70-55(81)44(18-24-63)65-32-38/h8-10,12-13,33-36,38-46,52,65,72-73H,7,11,14-32,59-63H2,1-6H3,(H,64,84)(H,66,77)(H,67,80)(H,68,82)(H,69,83)(H,70,81)(H,71,79)/t34?,35?,36?,38-,39-,40+,41+,42+,43+,44+,45+,46-,52+/m1/s1. The highest BCUT2D eigenvalue weighted by Gasteiger charge is 2.37. The van der Waals surface area contributed by atoms with Crippen LogP contribution in [0, 0.1) is 23.7 Å². The lowest BCUT2D eigenvalue weighted by Crippen LogP contribution is -2.58. The van der Waals surface area contributed by atoms with Gasteiger partial charge in [0.05, 0.1) is 48.7 Å². The van der Waals surface area contributed by atoms with Gasteiger partial charge in [0, 0.05) is 44.6 Å². The summed E-state index contributed by atoms with van der Waals surface area (Å²) in [5.41, 5.74) is 30.3. The number of carbonyl (C=O) groups is 11. The van der Waals surface area contributed by atoms with E-state index in [2.05, 4.69) is 42.5 Å². The summed E-state index contributed by atoms with van der Waals surface area (Å²) in [6, 6.07) is 0.0217. The van der Waals surface area contributed by atoms with E-state index in [1.165, 1.54) is 20.8 Å². The van der Waals surface area contributed by atoms with Gasteiger partial charge in [-0.2, -0.15) is 0 Å². The molecule has 1 aromatic rings. The van der Waals surface area contributed by atoms with Crippen LogP contribution < -0.4 is 71.2 Å². The number of ether oxygens (including phenoxy) is 1. The molecule has 0 aromatic heterocycles. The van der Waals surface area contributed by atoms with E-state index >= 15 is 0 Å². The van der Waals surface area contributed by atoms with E-state index in [4.69, 9.17) is 33.4 Å². The lowest BCUT2D eigenvalue weighted by Gasteiger charge is -2.28. The molecular weight excluding hydrogens is 1100 g/mol. The first-order valence-corrected chi connectivity index (χ1v) is 29.8. The van der Waals surface area contributed by atoms with Gasteiger partial charge < -0.3 is 86.2 Å². The van der Waals surface area contributed by atoms with E-state index in [-0.39, 0.29) is 122 Å². The zero-order chi connectivity index (χ0) is 63.8. The van der Waals surface area contributed by atoms with Gasteiger partial charge in [-0.25, -0.2) is 0 Å². The van der Waals surface area contributed by atoms with Crippen molar-refractivity contribution in [2.45, 2.75) is 192 Å². The molecular formula is C58H99N13O14. The number of nitrogens with two attached hydrogens (primary N) is 5. The highest BCUT2D eigenvalue weighted by atomic mass is 16.5. The first-order chi connectivity index (χ1) is 40.3. The molecule has 1 heterocycles. The molecule has 0 spiro atoms. The minimum atomic E-state index is -1.55. The van der Waals surface area contributed by atoms with Gasteiger partial charge in [0.1, 0.15) is 24.2 Å². The molecule has 0 saturated carbocycles. The lowest BCUT2D eigenvalue weighted by molar-refractivity contribution is -0.149. The van der Waals surface area contributed by atoms with Crippen molar-refractivity contribution in [1.29, 1.82) is 0 Å². The zero-order valence-corrected chi connectivity index (χ0v) is 50.5. The average Bonchev–Trinajstić information content (AvgIpc) is 3.67. The van der Waals surface area contributed by atoms with Gasteiger partial charge in [0.15, 0.2) is 17.3 Å². The molecule has 3 unspecified atom stereocenters. The van der Waals surface area contributed by atoms with Crippen molar-refractivity contribution in [2.24, 2.45) is 52.3 Å². The van der Waals surface area contributed by atoms with E-state index in [0.29, 0.717) is 12.0 Å². The van der Waals surface area contributed by atoms with E-state index in [9.17, 15) is 63.0 Å². The van der Waals surface area contributed by atoms with Crippen molar-refractivity contribution < 1.29 is 67.7 Å². The SMILES string of the molecule is CCCC(=O)OC(C)CC(=O)N[C@@H](CCN)C(=O)C[C@H](C(=O)N[C@@H](CCN)C(=O)C[C@H]1CCNC(=O)[C@H](C(C)O)NC(=O)[C@H](CCN)CC(=O)[C@H](CCN)NC(=O)[C@H](CC(C)C)NC(=O)[C@@H](Cc2ccccc2)NC(=O)[C@H](CCN)NC1)C(C)O. The van der Waals surface area contributed by atoms with Crippen LogP contribution in [0.15, 0.2) is 30.3 Å². The van der Waals surface area contributed by atoms with Crippen LogP contribution in [-0.2, 0) is 63.9 Å². The summed E-state index contributed by atoms with van der Waals surface area (Å²) in [4.78, 5) is 152. The summed E-state index contributed by atoms with van der Waals surface area (Å²) < 4.78 is 5.25. The van der Waals surface area contributed by atoms with Gasteiger partial charge in [0.25, 0.3) is 0 Å². The van der Waals surface area contributed by atoms with Crippen LogP contribution in [-0.4, -0.2) is 181 Å². The molecule has 2 rings (SSSR count). The maximum Gasteiger partial charge on any atom is 0.306 e. The lowest BCUT2D eigenvalue weighted by atomic mass is 9.90. The molecule has 0 aliphatic carbocycles. The number of aliphatic hydroxyl groups excluding tert-OH is 2. The van der Waals surface area contributed by atoms with Crippen LogP contribution in [0.4, 0.5) is 0 Å². The predicted molar refractivity (Wildman–Crippen MR) is 317 cm³/mol. The average molecular weight is 1200 g/mol. The van der Waals surface area contributed by atoms with Crippen LogP contribution in [0.25, 0.3) is 0 Å². The van der Waals surface area contributed by atoms with Crippen LogP contribution in [0.3, 0.4) is 0 Å². The summed E-state index contributed by atoms with van der Waals surface area (Å²) >= 11 is 0.